The number of hydrogen-bond acceptors (Lipinski definition) is 6. The first-order chi connectivity index (χ1) is 7.93. The van der Waals surface area contributed by atoms with Crippen LogP contribution in [0.4, 0.5) is 5.69 Å². The highest BCUT2D eigenvalue weighted by Gasteiger charge is 2.28. The van der Waals surface area contributed by atoms with Crippen molar-refractivity contribution < 1.29 is 24.7 Å². The van der Waals surface area contributed by atoms with Gasteiger partial charge in [-0.2, -0.15) is 0 Å². The lowest BCUT2D eigenvalue weighted by Crippen LogP contribution is -2.05. The Labute approximate surface area is 96.4 Å². The highest BCUT2D eigenvalue weighted by molar-refractivity contribution is 5.99. The maximum atomic E-state index is 11.3. The molecule has 0 unspecified atom stereocenters. The second kappa shape index (κ2) is 4.79. The molecule has 1 rings (SSSR count). The molecule has 7 nitrogen and oxygen atoms in total. The molecule has 0 aliphatic rings. The summed E-state index contributed by atoms with van der Waals surface area (Å²) in [5.74, 6) is -1.18. The van der Waals surface area contributed by atoms with E-state index in [2.05, 4.69) is 0 Å². The summed E-state index contributed by atoms with van der Waals surface area (Å²) < 4.78 is 4.78. The molecular weight excluding hydrogens is 230 g/mol. The Morgan fingerprint density at radius 1 is 1.59 bits per heavy atom. The van der Waals surface area contributed by atoms with Crippen LogP contribution in [0.5, 0.6) is 11.5 Å². The fourth-order valence-electron chi connectivity index (χ4n) is 1.47. The lowest BCUT2D eigenvalue weighted by Gasteiger charge is -2.10. The van der Waals surface area contributed by atoms with Crippen LogP contribution in [0.25, 0.3) is 0 Å². The van der Waals surface area contributed by atoms with Gasteiger partial charge in [-0.05, 0) is 6.92 Å². The van der Waals surface area contributed by atoms with Crippen LogP contribution in [-0.4, -0.2) is 28.0 Å². The topological polar surface area (TPSA) is 110 Å². The van der Waals surface area contributed by atoms with Crippen LogP contribution in [0.1, 0.15) is 22.8 Å². The number of phenols is 1. The van der Waals surface area contributed by atoms with E-state index in [1.807, 2.05) is 0 Å². The molecule has 7 heteroatoms. The molecule has 1 aromatic carbocycles. The molecule has 0 saturated heterocycles. The zero-order valence-electron chi connectivity index (χ0n) is 9.26. The highest BCUT2D eigenvalue weighted by atomic mass is 16.6. The van der Waals surface area contributed by atoms with Crippen LogP contribution < -0.4 is 4.74 Å². The molecule has 2 N–H and O–H groups in total. The Bertz CT molecular complexity index is 482. The summed E-state index contributed by atoms with van der Waals surface area (Å²) in [6.45, 7) is 0.388. The minimum atomic E-state index is -0.818. The summed E-state index contributed by atoms with van der Waals surface area (Å²) in [6.07, 6.45) is 0. The van der Waals surface area contributed by atoms with Gasteiger partial charge in [0.25, 0.3) is 5.69 Å². The van der Waals surface area contributed by atoms with Crippen LogP contribution in [0.2, 0.25) is 0 Å². The molecule has 0 atom stereocenters. The van der Waals surface area contributed by atoms with Gasteiger partial charge in [0.05, 0.1) is 24.2 Å². The number of ether oxygens (including phenoxy) is 1. The number of rotatable bonds is 4. The van der Waals surface area contributed by atoms with Crippen LogP contribution in [-0.2, 0) is 6.61 Å². The second-order valence-corrected chi connectivity index (χ2v) is 3.27. The predicted octanol–water partition coefficient (Wildman–Crippen LogP) is 1.00. The van der Waals surface area contributed by atoms with Gasteiger partial charge in [-0.3, -0.25) is 14.9 Å². The van der Waals surface area contributed by atoms with Crippen LogP contribution in [0, 0.1) is 10.1 Å². The van der Waals surface area contributed by atoms with Gasteiger partial charge in [0.15, 0.2) is 17.3 Å². The molecule has 0 spiro atoms. The molecule has 17 heavy (non-hydrogen) atoms. The lowest BCUT2D eigenvalue weighted by molar-refractivity contribution is -0.386. The van der Waals surface area contributed by atoms with E-state index in [1.165, 1.54) is 7.11 Å². The van der Waals surface area contributed by atoms with Crippen molar-refractivity contribution >= 4 is 11.5 Å². The number of Topliss-reactive ketones (excluding diaryl/α,β-unsaturated/α-hetero) is 1. The molecular formula is C10H11NO6. The highest BCUT2D eigenvalue weighted by Crippen LogP contribution is 2.39. The van der Waals surface area contributed by atoms with Gasteiger partial charge in [0.2, 0.25) is 0 Å². The molecule has 0 aliphatic heterocycles. The minimum Gasteiger partial charge on any atom is -0.504 e. The minimum absolute atomic E-state index is 0.0927. The standard InChI is InChI=1S/C10H11NO6/c1-5(13)6-3-8(17-2)10(14)7(4-12)9(6)11(15)16/h3,12,14H,4H2,1-2H3. The van der Waals surface area contributed by atoms with Gasteiger partial charge in [-0.25, -0.2) is 0 Å². The number of aliphatic hydroxyl groups is 1. The predicted molar refractivity (Wildman–Crippen MR) is 57.2 cm³/mol. The summed E-state index contributed by atoms with van der Waals surface area (Å²) in [7, 11) is 1.24. The Hall–Kier alpha value is -2.15. The number of nitro benzene ring substituents is 1. The number of aromatic hydroxyl groups is 1. The third-order valence-electron chi connectivity index (χ3n) is 2.28. The van der Waals surface area contributed by atoms with E-state index in [-0.39, 0.29) is 16.9 Å². The summed E-state index contributed by atoms with van der Waals surface area (Å²) in [6, 6.07) is 1.08. The molecule has 0 saturated carbocycles. The molecule has 92 valence electrons. The van der Waals surface area contributed by atoms with Crippen molar-refractivity contribution in [3.05, 3.63) is 27.3 Å². The average molecular weight is 241 g/mol. The number of benzene rings is 1. The number of hydrogen-bond donors (Lipinski definition) is 2. The molecule has 0 aliphatic carbocycles. The van der Waals surface area contributed by atoms with Gasteiger partial charge in [0.1, 0.15) is 5.56 Å². The van der Waals surface area contributed by atoms with Crippen molar-refractivity contribution in [1.29, 1.82) is 0 Å². The van der Waals surface area contributed by atoms with Crippen molar-refractivity contribution in [2.24, 2.45) is 0 Å². The lowest BCUT2D eigenvalue weighted by atomic mass is 10.0. The number of carbonyl (C=O) groups excluding carboxylic acids is 1. The van der Waals surface area contributed by atoms with E-state index in [1.54, 1.807) is 0 Å². The maximum Gasteiger partial charge on any atom is 0.289 e. The van der Waals surface area contributed by atoms with E-state index < -0.39 is 28.8 Å². The third-order valence-corrected chi connectivity index (χ3v) is 2.28. The van der Waals surface area contributed by atoms with Gasteiger partial charge in [-0.1, -0.05) is 0 Å². The van der Waals surface area contributed by atoms with Crippen molar-refractivity contribution in [3.63, 3.8) is 0 Å². The zero-order chi connectivity index (χ0) is 13.2. The average Bonchev–Trinajstić information content (AvgIpc) is 2.27. The second-order valence-electron chi connectivity index (χ2n) is 3.27. The first-order valence-corrected chi connectivity index (χ1v) is 4.63. The maximum absolute atomic E-state index is 11.3. The Morgan fingerprint density at radius 2 is 2.18 bits per heavy atom. The number of aliphatic hydroxyl groups excluding tert-OH is 1. The van der Waals surface area contributed by atoms with E-state index >= 15 is 0 Å². The monoisotopic (exact) mass is 241 g/mol. The first kappa shape index (κ1) is 12.9. The first-order valence-electron chi connectivity index (χ1n) is 4.63. The molecule has 0 amide bonds. The van der Waals surface area contributed by atoms with E-state index in [0.29, 0.717) is 0 Å². The van der Waals surface area contributed by atoms with Crippen molar-refractivity contribution in [2.45, 2.75) is 13.5 Å². The van der Waals surface area contributed by atoms with Crippen molar-refractivity contribution in [2.75, 3.05) is 7.11 Å². The fourth-order valence-corrected chi connectivity index (χ4v) is 1.47. The zero-order valence-corrected chi connectivity index (χ0v) is 9.26. The number of nitrogens with zero attached hydrogens (tertiary/aromatic N) is 1. The van der Waals surface area contributed by atoms with Gasteiger partial charge in [-0.15, -0.1) is 0 Å². The van der Waals surface area contributed by atoms with Crippen LogP contribution in [0.15, 0.2) is 6.07 Å². The molecule has 0 fully saturated rings. The Morgan fingerprint density at radius 3 is 2.53 bits per heavy atom. The summed E-state index contributed by atoms with van der Waals surface area (Å²) in [5.41, 5.74) is -1.15. The molecule has 0 heterocycles. The largest absolute Gasteiger partial charge is 0.504 e. The van der Waals surface area contributed by atoms with Gasteiger partial charge >= 0.3 is 0 Å². The van der Waals surface area contributed by atoms with E-state index in [4.69, 9.17) is 9.84 Å². The number of methoxy groups -OCH3 is 1. The van der Waals surface area contributed by atoms with Crippen molar-refractivity contribution in [3.8, 4) is 11.5 Å². The summed E-state index contributed by atoms with van der Waals surface area (Å²) in [5, 5.41) is 29.5. The van der Waals surface area contributed by atoms with Crippen LogP contribution in [0.3, 0.4) is 0 Å². The number of carbonyl (C=O) groups is 1. The van der Waals surface area contributed by atoms with E-state index in [9.17, 15) is 20.0 Å². The van der Waals surface area contributed by atoms with Gasteiger partial charge in [0, 0.05) is 6.07 Å². The SMILES string of the molecule is COc1cc(C(C)=O)c([N+](=O)[O-])c(CO)c1O. The molecule has 0 radical (unpaired) electrons. The smallest absolute Gasteiger partial charge is 0.289 e. The Kier molecular flexibility index (Phi) is 3.64. The third kappa shape index (κ3) is 2.18. The Balaban J connectivity index is 3.70. The number of nitro groups is 1. The number of ketones is 1. The van der Waals surface area contributed by atoms with E-state index in [0.717, 1.165) is 13.0 Å². The molecule has 1 aromatic rings. The quantitative estimate of drug-likeness (QED) is 0.462. The van der Waals surface area contributed by atoms with Crippen molar-refractivity contribution in [1.82, 2.24) is 0 Å². The summed E-state index contributed by atoms with van der Waals surface area (Å²) >= 11 is 0. The molecule has 0 bridgehead atoms. The van der Waals surface area contributed by atoms with Crippen LogP contribution >= 0.6 is 0 Å². The fraction of sp³-hybridized carbons (Fsp3) is 0.300. The molecule has 0 aromatic heterocycles. The van der Waals surface area contributed by atoms with Gasteiger partial charge < -0.3 is 14.9 Å². The summed E-state index contributed by atoms with van der Waals surface area (Å²) in [4.78, 5) is 21.3. The normalized spacial score (nSPS) is 10.1.